The van der Waals surface area contributed by atoms with Crippen molar-refractivity contribution in [3.8, 4) is 0 Å². The fourth-order valence-electron chi connectivity index (χ4n) is 0.609. The Morgan fingerprint density at radius 2 is 2.27 bits per heavy atom. The maximum absolute atomic E-state index is 10.9. The van der Waals surface area contributed by atoms with Crippen molar-refractivity contribution >= 4 is 5.97 Å². The Morgan fingerprint density at radius 3 is 2.73 bits per heavy atom. The molecule has 0 aliphatic rings. The van der Waals surface area contributed by atoms with Crippen molar-refractivity contribution in [2.45, 2.75) is 20.3 Å². The second kappa shape index (κ2) is 5.92. The van der Waals surface area contributed by atoms with Crippen molar-refractivity contribution in [1.82, 2.24) is 0 Å². The number of hydrogen-bond donors (Lipinski definition) is 1. The van der Waals surface area contributed by atoms with E-state index < -0.39 is 0 Å². The van der Waals surface area contributed by atoms with E-state index in [1.54, 1.807) is 19.9 Å². The van der Waals surface area contributed by atoms with E-state index in [-0.39, 0.29) is 12.6 Å². The summed E-state index contributed by atoms with van der Waals surface area (Å²) in [5, 5.41) is 8.43. The molecule has 0 bridgehead atoms. The Bertz CT molecular complexity index is 149. The number of esters is 1. The van der Waals surface area contributed by atoms with Crippen LogP contribution in [-0.4, -0.2) is 24.3 Å². The molecule has 0 fully saturated rings. The molecule has 1 N–H and O–H groups in total. The summed E-state index contributed by atoms with van der Waals surface area (Å²) in [5.74, 6) is -0.305. The van der Waals surface area contributed by atoms with Crippen LogP contribution in [0.4, 0.5) is 0 Å². The van der Waals surface area contributed by atoms with Gasteiger partial charge in [-0.3, -0.25) is 0 Å². The normalized spacial score (nSPS) is 11.4. The van der Waals surface area contributed by atoms with Crippen LogP contribution in [0.3, 0.4) is 0 Å². The lowest BCUT2D eigenvalue weighted by atomic mass is 10.2. The molecule has 0 atom stereocenters. The van der Waals surface area contributed by atoms with Gasteiger partial charge in [0.15, 0.2) is 0 Å². The number of rotatable bonds is 4. The molecule has 0 aliphatic heterocycles. The van der Waals surface area contributed by atoms with E-state index in [1.807, 2.05) is 0 Å². The number of hydrogen-bond acceptors (Lipinski definition) is 3. The van der Waals surface area contributed by atoms with Crippen LogP contribution in [0.1, 0.15) is 20.3 Å². The van der Waals surface area contributed by atoms with Gasteiger partial charge in [0, 0.05) is 12.2 Å². The summed E-state index contributed by atoms with van der Waals surface area (Å²) in [5.41, 5.74) is 0.556. The van der Waals surface area contributed by atoms with Crippen LogP contribution >= 0.6 is 0 Å². The van der Waals surface area contributed by atoms with E-state index in [4.69, 9.17) is 9.84 Å². The minimum atomic E-state index is -0.305. The molecule has 0 saturated carbocycles. The third-order valence-corrected chi connectivity index (χ3v) is 1.18. The monoisotopic (exact) mass is 158 g/mol. The fourth-order valence-corrected chi connectivity index (χ4v) is 0.609. The minimum absolute atomic E-state index is 0.0662. The van der Waals surface area contributed by atoms with E-state index in [9.17, 15) is 4.79 Å². The van der Waals surface area contributed by atoms with Crippen molar-refractivity contribution in [2.75, 3.05) is 13.2 Å². The lowest BCUT2D eigenvalue weighted by Gasteiger charge is -1.99. The molecule has 0 heterocycles. The van der Waals surface area contributed by atoms with Gasteiger partial charge in [0.2, 0.25) is 0 Å². The second-order valence-electron chi connectivity index (χ2n) is 2.12. The van der Waals surface area contributed by atoms with Gasteiger partial charge < -0.3 is 9.84 Å². The average molecular weight is 158 g/mol. The van der Waals surface area contributed by atoms with E-state index >= 15 is 0 Å². The maximum Gasteiger partial charge on any atom is 0.333 e. The van der Waals surface area contributed by atoms with Crippen LogP contribution in [0, 0.1) is 0 Å². The highest BCUT2D eigenvalue weighted by Gasteiger charge is 2.02. The third kappa shape index (κ3) is 4.56. The zero-order chi connectivity index (χ0) is 8.69. The quantitative estimate of drug-likeness (QED) is 0.488. The summed E-state index contributed by atoms with van der Waals surface area (Å²) in [6.07, 6.45) is 2.17. The van der Waals surface area contributed by atoms with Crippen LogP contribution in [0.5, 0.6) is 0 Å². The highest BCUT2D eigenvalue weighted by molar-refractivity contribution is 5.87. The molecule has 0 aromatic rings. The zero-order valence-corrected chi connectivity index (χ0v) is 6.96. The highest BCUT2D eigenvalue weighted by Crippen LogP contribution is 1.97. The molecule has 0 spiro atoms. The first kappa shape index (κ1) is 10.2. The van der Waals surface area contributed by atoms with Gasteiger partial charge in [-0.2, -0.15) is 0 Å². The summed E-state index contributed by atoms with van der Waals surface area (Å²) in [6.45, 7) is 3.89. The van der Waals surface area contributed by atoms with Crippen LogP contribution in [0.25, 0.3) is 0 Å². The van der Waals surface area contributed by atoms with E-state index in [0.717, 1.165) is 0 Å². The number of aliphatic hydroxyl groups excluding tert-OH is 1. The first-order valence-corrected chi connectivity index (χ1v) is 3.67. The maximum atomic E-state index is 10.9. The van der Waals surface area contributed by atoms with Crippen LogP contribution in [0.2, 0.25) is 0 Å². The van der Waals surface area contributed by atoms with Gasteiger partial charge in [-0.1, -0.05) is 6.08 Å². The standard InChI is InChI=1S/C8H14O3/c1-3-11-8(10)7(2)5-4-6-9/h5,9H,3-4,6H2,1-2H3/b7-5+. The molecule has 0 aliphatic carbocycles. The number of carbonyl (C=O) groups excluding carboxylic acids is 1. The number of ether oxygens (including phenoxy) is 1. The molecule has 0 unspecified atom stereocenters. The first-order valence-electron chi connectivity index (χ1n) is 3.67. The molecule has 3 heteroatoms. The number of carbonyl (C=O) groups is 1. The topological polar surface area (TPSA) is 46.5 Å². The average Bonchev–Trinajstić information content (AvgIpc) is 2.00. The van der Waals surface area contributed by atoms with E-state index in [0.29, 0.717) is 18.6 Å². The van der Waals surface area contributed by atoms with Crippen molar-refractivity contribution in [2.24, 2.45) is 0 Å². The predicted molar refractivity (Wildman–Crippen MR) is 42.1 cm³/mol. The molecular formula is C8H14O3. The molecule has 0 rings (SSSR count). The van der Waals surface area contributed by atoms with Gasteiger partial charge >= 0.3 is 5.97 Å². The Hall–Kier alpha value is -0.830. The SMILES string of the molecule is CCOC(=O)/C(C)=C/CCO. The summed E-state index contributed by atoms with van der Waals surface area (Å²) < 4.78 is 4.71. The first-order chi connectivity index (χ1) is 5.22. The Morgan fingerprint density at radius 1 is 1.64 bits per heavy atom. The highest BCUT2D eigenvalue weighted by atomic mass is 16.5. The lowest BCUT2D eigenvalue weighted by molar-refractivity contribution is -0.138. The lowest BCUT2D eigenvalue weighted by Crippen LogP contribution is -2.05. The summed E-state index contributed by atoms with van der Waals surface area (Å²) in [6, 6.07) is 0. The predicted octanol–water partition coefficient (Wildman–Crippen LogP) is 0.878. The Balaban J connectivity index is 3.80. The molecule has 11 heavy (non-hydrogen) atoms. The molecule has 0 amide bonds. The van der Waals surface area contributed by atoms with Crippen molar-refractivity contribution in [1.29, 1.82) is 0 Å². The summed E-state index contributed by atoms with van der Waals surface area (Å²) in [7, 11) is 0. The van der Waals surface area contributed by atoms with Gasteiger partial charge in [-0.05, 0) is 20.3 Å². The van der Waals surface area contributed by atoms with Gasteiger partial charge in [-0.25, -0.2) is 4.79 Å². The largest absolute Gasteiger partial charge is 0.463 e. The third-order valence-electron chi connectivity index (χ3n) is 1.18. The Kier molecular flexibility index (Phi) is 5.47. The minimum Gasteiger partial charge on any atom is -0.463 e. The number of aliphatic hydroxyl groups is 1. The smallest absolute Gasteiger partial charge is 0.333 e. The fraction of sp³-hybridized carbons (Fsp3) is 0.625. The molecule has 0 saturated heterocycles. The second-order valence-corrected chi connectivity index (χ2v) is 2.12. The van der Waals surface area contributed by atoms with Crippen molar-refractivity contribution < 1.29 is 14.6 Å². The zero-order valence-electron chi connectivity index (χ0n) is 6.96. The summed E-state index contributed by atoms with van der Waals surface area (Å²) in [4.78, 5) is 10.9. The van der Waals surface area contributed by atoms with Crippen LogP contribution < -0.4 is 0 Å². The summed E-state index contributed by atoms with van der Waals surface area (Å²) >= 11 is 0. The van der Waals surface area contributed by atoms with Gasteiger partial charge in [-0.15, -0.1) is 0 Å². The molecule has 3 nitrogen and oxygen atoms in total. The van der Waals surface area contributed by atoms with Crippen molar-refractivity contribution in [3.05, 3.63) is 11.6 Å². The van der Waals surface area contributed by atoms with Crippen LogP contribution in [0.15, 0.2) is 11.6 Å². The molecule has 0 aromatic heterocycles. The Labute approximate surface area is 66.7 Å². The van der Waals surface area contributed by atoms with E-state index in [2.05, 4.69) is 0 Å². The van der Waals surface area contributed by atoms with Gasteiger partial charge in [0.05, 0.1) is 6.61 Å². The van der Waals surface area contributed by atoms with E-state index in [1.165, 1.54) is 0 Å². The van der Waals surface area contributed by atoms with Gasteiger partial charge in [0.25, 0.3) is 0 Å². The molecular weight excluding hydrogens is 144 g/mol. The van der Waals surface area contributed by atoms with Crippen molar-refractivity contribution in [3.63, 3.8) is 0 Å². The molecule has 0 aromatic carbocycles. The van der Waals surface area contributed by atoms with Crippen LogP contribution in [-0.2, 0) is 9.53 Å². The molecule has 64 valence electrons. The van der Waals surface area contributed by atoms with Gasteiger partial charge in [0.1, 0.15) is 0 Å². The molecule has 0 radical (unpaired) electrons.